The van der Waals surface area contributed by atoms with E-state index in [-0.39, 0.29) is 11.2 Å². The predicted octanol–water partition coefficient (Wildman–Crippen LogP) is 3.02. The van der Waals surface area contributed by atoms with Gasteiger partial charge in [-0.2, -0.15) is 0 Å². The van der Waals surface area contributed by atoms with Crippen molar-refractivity contribution in [3.63, 3.8) is 0 Å². The minimum absolute atomic E-state index is 0.0361. The van der Waals surface area contributed by atoms with Crippen LogP contribution in [0.15, 0.2) is 58.3 Å². The Kier molecular flexibility index (Phi) is 5.29. The Bertz CT molecular complexity index is 1180. The molecule has 0 atom stereocenters. The topological polar surface area (TPSA) is 91.8 Å². The lowest BCUT2D eigenvalue weighted by Gasteiger charge is -2.34. The second kappa shape index (κ2) is 8.04. The average molecular weight is 404 g/mol. The first-order valence-electron chi connectivity index (χ1n) is 9.80. The van der Waals surface area contributed by atoms with Crippen molar-refractivity contribution in [3.05, 3.63) is 70.6 Å². The number of para-hydroxylation sites is 1. The molecule has 1 aliphatic rings. The Labute approximate surface area is 174 Å². The van der Waals surface area contributed by atoms with Crippen LogP contribution in [0.25, 0.3) is 17.0 Å². The molecule has 1 fully saturated rings. The second-order valence-corrected chi connectivity index (χ2v) is 7.42. The average Bonchev–Trinajstić information content (AvgIpc) is 2.75. The molecule has 3 N–H and O–H groups in total. The number of hydrogen-bond donors (Lipinski definition) is 2. The van der Waals surface area contributed by atoms with Gasteiger partial charge < -0.3 is 25.3 Å². The van der Waals surface area contributed by atoms with Crippen molar-refractivity contribution in [2.24, 2.45) is 0 Å². The maximum Gasteiger partial charge on any atom is 0.291 e. The number of nitrogens with two attached hydrogens (primary N) is 1. The summed E-state index contributed by atoms with van der Waals surface area (Å²) in [6.45, 7) is 7.20. The van der Waals surface area contributed by atoms with Crippen LogP contribution in [0.5, 0.6) is 0 Å². The molecular formula is C23H24N4O3. The highest BCUT2D eigenvalue weighted by molar-refractivity contribution is 6.04. The van der Waals surface area contributed by atoms with E-state index >= 15 is 0 Å². The summed E-state index contributed by atoms with van der Waals surface area (Å²) in [6.07, 6.45) is 1.61. The molecule has 30 heavy (non-hydrogen) atoms. The number of nitrogens with one attached hydrogen (secondary N) is 1. The Balaban J connectivity index is 1.69. The lowest BCUT2D eigenvalue weighted by atomic mass is 10.1. The van der Waals surface area contributed by atoms with Gasteiger partial charge in [-0.05, 0) is 42.9 Å². The fourth-order valence-corrected chi connectivity index (χ4v) is 3.59. The first kappa shape index (κ1) is 19.7. The van der Waals surface area contributed by atoms with E-state index in [1.54, 1.807) is 30.3 Å². The van der Waals surface area contributed by atoms with Crippen LogP contribution in [-0.4, -0.2) is 44.0 Å². The van der Waals surface area contributed by atoms with Crippen LogP contribution in [0, 0.1) is 0 Å². The zero-order chi connectivity index (χ0) is 21.3. The minimum atomic E-state index is -0.498. The molecule has 2 aromatic carbocycles. The van der Waals surface area contributed by atoms with Crippen LogP contribution in [0.4, 0.5) is 17.1 Å². The highest BCUT2D eigenvalue weighted by atomic mass is 16.3. The van der Waals surface area contributed by atoms with E-state index in [9.17, 15) is 9.59 Å². The van der Waals surface area contributed by atoms with Gasteiger partial charge in [0.1, 0.15) is 0 Å². The molecule has 1 amide bonds. The van der Waals surface area contributed by atoms with Gasteiger partial charge in [0, 0.05) is 43.6 Å². The zero-order valence-electron chi connectivity index (χ0n) is 16.9. The van der Waals surface area contributed by atoms with E-state index in [1.165, 1.54) is 6.07 Å². The summed E-state index contributed by atoms with van der Waals surface area (Å²) >= 11 is 0. The van der Waals surface area contributed by atoms with Crippen molar-refractivity contribution in [3.8, 4) is 0 Å². The normalized spacial score (nSPS) is 14.6. The molecule has 4 rings (SSSR count). The van der Waals surface area contributed by atoms with Gasteiger partial charge in [0.15, 0.2) is 16.8 Å². The predicted molar refractivity (Wildman–Crippen MR) is 121 cm³/mol. The number of piperazine rings is 1. The molecule has 0 unspecified atom stereocenters. The number of benzene rings is 2. The van der Waals surface area contributed by atoms with Gasteiger partial charge in [-0.3, -0.25) is 9.59 Å². The molecule has 0 spiro atoms. The van der Waals surface area contributed by atoms with Gasteiger partial charge in [-0.15, -0.1) is 0 Å². The molecule has 2 heterocycles. The lowest BCUT2D eigenvalue weighted by molar-refractivity contribution is 0.0997. The lowest BCUT2D eigenvalue weighted by Crippen LogP contribution is -2.44. The number of amides is 1. The molecule has 0 bridgehead atoms. The van der Waals surface area contributed by atoms with Crippen LogP contribution in [0.1, 0.15) is 16.1 Å². The molecule has 154 valence electrons. The fourth-order valence-electron chi connectivity index (χ4n) is 3.59. The van der Waals surface area contributed by atoms with Gasteiger partial charge in [0.25, 0.3) is 5.91 Å². The fraction of sp³-hybridized carbons (Fsp3) is 0.217. The molecule has 0 saturated carbocycles. The van der Waals surface area contributed by atoms with E-state index in [0.717, 1.165) is 31.9 Å². The Morgan fingerprint density at radius 2 is 1.93 bits per heavy atom. The first-order valence-corrected chi connectivity index (χ1v) is 9.80. The summed E-state index contributed by atoms with van der Waals surface area (Å²) in [5, 5.41) is 3.22. The van der Waals surface area contributed by atoms with Crippen LogP contribution in [0.3, 0.4) is 0 Å². The number of nitrogen functional groups attached to an aromatic ring is 1. The number of hydrogen-bond acceptors (Lipinski definition) is 6. The summed E-state index contributed by atoms with van der Waals surface area (Å²) in [6, 6.07) is 11.8. The highest BCUT2D eigenvalue weighted by Crippen LogP contribution is 2.27. The molecule has 1 aromatic heterocycles. The number of nitrogens with zero attached hydrogens (tertiary/aromatic N) is 2. The first-order chi connectivity index (χ1) is 14.5. The third-order valence-corrected chi connectivity index (χ3v) is 5.37. The van der Waals surface area contributed by atoms with E-state index in [2.05, 4.69) is 28.7 Å². The standard InChI is InChI=1S/C23H24N4O3/c1-3-15-13-16(7-8-18(15)24)25-23(29)21-14-20(28)17-5-4-6-19(22(17)30-21)27-11-9-26(2)10-12-27/h3-8,13-14H,1,9-12,24H2,2H3,(H,25,29). The van der Waals surface area contributed by atoms with Crippen LogP contribution >= 0.6 is 0 Å². The van der Waals surface area contributed by atoms with Crippen LogP contribution < -0.4 is 21.4 Å². The number of fused-ring (bicyclic) bond motifs is 1. The summed E-state index contributed by atoms with van der Waals surface area (Å²) in [7, 11) is 2.08. The maximum atomic E-state index is 12.8. The van der Waals surface area contributed by atoms with E-state index in [4.69, 9.17) is 10.2 Å². The van der Waals surface area contributed by atoms with Gasteiger partial charge in [-0.25, -0.2) is 0 Å². The molecule has 7 heteroatoms. The van der Waals surface area contributed by atoms with Crippen molar-refractivity contribution < 1.29 is 9.21 Å². The zero-order valence-corrected chi connectivity index (χ0v) is 16.9. The van der Waals surface area contributed by atoms with E-state index in [0.29, 0.717) is 27.9 Å². The highest BCUT2D eigenvalue weighted by Gasteiger charge is 2.20. The molecule has 3 aromatic rings. The number of rotatable bonds is 4. The number of likely N-dealkylation sites (N-methyl/N-ethyl adjacent to an activating group) is 1. The Hall–Kier alpha value is -3.58. The Morgan fingerprint density at radius 3 is 2.67 bits per heavy atom. The SMILES string of the molecule is C=Cc1cc(NC(=O)c2cc(=O)c3cccc(N4CCN(C)CC4)c3o2)ccc1N. The van der Waals surface area contributed by atoms with Crippen molar-refractivity contribution >= 4 is 40.0 Å². The smallest absolute Gasteiger partial charge is 0.291 e. The summed E-state index contributed by atoms with van der Waals surface area (Å²) in [5.41, 5.74) is 8.70. The van der Waals surface area contributed by atoms with Crippen molar-refractivity contribution in [1.82, 2.24) is 4.90 Å². The number of anilines is 3. The number of carbonyl (C=O) groups excluding carboxylic acids is 1. The Morgan fingerprint density at radius 1 is 1.17 bits per heavy atom. The molecule has 1 aliphatic heterocycles. The van der Waals surface area contributed by atoms with Crippen molar-refractivity contribution in [1.29, 1.82) is 0 Å². The molecule has 7 nitrogen and oxygen atoms in total. The third-order valence-electron chi connectivity index (χ3n) is 5.37. The summed E-state index contributed by atoms with van der Waals surface area (Å²) in [5.74, 6) is -0.534. The van der Waals surface area contributed by atoms with Gasteiger partial charge in [0.2, 0.25) is 0 Å². The quantitative estimate of drug-likeness (QED) is 0.650. The van der Waals surface area contributed by atoms with Crippen LogP contribution in [-0.2, 0) is 0 Å². The summed E-state index contributed by atoms with van der Waals surface area (Å²) in [4.78, 5) is 29.9. The van der Waals surface area contributed by atoms with Gasteiger partial charge in [0.05, 0.1) is 11.1 Å². The third kappa shape index (κ3) is 3.79. The van der Waals surface area contributed by atoms with Gasteiger partial charge >= 0.3 is 0 Å². The molecule has 0 aliphatic carbocycles. The molecule has 1 saturated heterocycles. The number of carbonyl (C=O) groups is 1. The second-order valence-electron chi connectivity index (χ2n) is 7.42. The van der Waals surface area contributed by atoms with E-state index < -0.39 is 5.91 Å². The van der Waals surface area contributed by atoms with E-state index in [1.807, 2.05) is 12.1 Å². The summed E-state index contributed by atoms with van der Waals surface area (Å²) < 4.78 is 5.96. The van der Waals surface area contributed by atoms with Gasteiger partial charge in [-0.1, -0.05) is 18.7 Å². The largest absolute Gasteiger partial charge is 0.448 e. The minimum Gasteiger partial charge on any atom is -0.448 e. The maximum absolute atomic E-state index is 12.8. The molecule has 0 radical (unpaired) electrons. The van der Waals surface area contributed by atoms with Crippen molar-refractivity contribution in [2.75, 3.05) is 49.2 Å². The monoisotopic (exact) mass is 404 g/mol. The van der Waals surface area contributed by atoms with Crippen molar-refractivity contribution in [2.45, 2.75) is 0 Å². The van der Waals surface area contributed by atoms with Crippen LogP contribution in [0.2, 0.25) is 0 Å². The molecular weight excluding hydrogens is 380 g/mol.